The Labute approximate surface area is 152 Å². The summed E-state index contributed by atoms with van der Waals surface area (Å²) in [6.07, 6.45) is 1.75. The van der Waals surface area contributed by atoms with Crippen LogP contribution in [0.15, 0.2) is 59.5 Å². The first kappa shape index (κ1) is 16.6. The molecule has 1 aliphatic heterocycles. The number of anilines is 1. The predicted molar refractivity (Wildman–Crippen MR) is 102 cm³/mol. The Bertz CT molecular complexity index is 961. The van der Waals surface area contributed by atoms with E-state index in [9.17, 15) is 4.79 Å². The molecule has 4 rings (SSSR count). The Morgan fingerprint density at radius 1 is 1.04 bits per heavy atom. The molecule has 26 heavy (non-hydrogen) atoms. The van der Waals surface area contributed by atoms with Crippen LogP contribution in [-0.2, 0) is 6.54 Å². The van der Waals surface area contributed by atoms with Gasteiger partial charge in [0.15, 0.2) is 0 Å². The molecule has 1 aromatic carbocycles. The van der Waals surface area contributed by atoms with E-state index < -0.39 is 0 Å². The number of aromatic nitrogens is 2. The lowest BCUT2D eigenvalue weighted by Gasteiger charge is -2.36. The molecule has 0 saturated carbocycles. The minimum atomic E-state index is -0.0294. The van der Waals surface area contributed by atoms with Crippen LogP contribution in [0.3, 0.4) is 0 Å². The molecular formula is C20H22N4O2. The molecular weight excluding hydrogens is 328 g/mol. The quantitative estimate of drug-likeness (QED) is 0.721. The second kappa shape index (κ2) is 7.17. The average Bonchev–Trinajstić information content (AvgIpc) is 2.69. The van der Waals surface area contributed by atoms with Crippen LogP contribution in [0.25, 0.3) is 5.65 Å². The van der Waals surface area contributed by atoms with E-state index in [4.69, 9.17) is 4.74 Å². The number of hydrogen-bond acceptors (Lipinski definition) is 5. The molecule has 6 nitrogen and oxygen atoms in total. The Balaban J connectivity index is 1.45. The van der Waals surface area contributed by atoms with Crippen LogP contribution in [0, 0.1) is 0 Å². The highest BCUT2D eigenvalue weighted by atomic mass is 16.5. The van der Waals surface area contributed by atoms with Crippen molar-refractivity contribution in [2.45, 2.75) is 6.54 Å². The van der Waals surface area contributed by atoms with Crippen molar-refractivity contribution < 1.29 is 4.74 Å². The zero-order valence-electron chi connectivity index (χ0n) is 14.8. The molecule has 1 saturated heterocycles. The lowest BCUT2D eigenvalue weighted by Crippen LogP contribution is -2.46. The third-order valence-corrected chi connectivity index (χ3v) is 4.81. The van der Waals surface area contributed by atoms with Gasteiger partial charge in [0.1, 0.15) is 11.4 Å². The van der Waals surface area contributed by atoms with E-state index in [1.807, 2.05) is 36.4 Å². The zero-order valence-corrected chi connectivity index (χ0v) is 14.8. The first-order chi connectivity index (χ1) is 12.7. The maximum Gasteiger partial charge on any atom is 0.258 e. The molecule has 0 bridgehead atoms. The first-order valence-electron chi connectivity index (χ1n) is 8.82. The van der Waals surface area contributed by atoms with Gasteiger partial charge in [-0.05, 0) is 24.3 Å². The zero-order chi connectivity index (χ0) is 17.9. The number of benzene rings is 1. The summed E-state index contributed by atoms with van der Waals surface area (Å²) in [6, 6.07) is 15.4. The van der Waals surface area contributed by atoms with Gasteiger partial charge in [0, 0.05) is 45.0 Å². The van der Waals surface area contributed by atoms with Crippen LogP contribution in [0.5, 0.6) is 5.75 Å². The van der Waals surface area contributed by atoms with Crippen molar-refractivity contribution >= 4 is 11.3 Å². The molecule has 0 spiro atoms. The smallest absolute Gasteiger partial charge is 0.258 e. The molecule has 0 atom stereocenters. The first-order valence-corrected chi connectivity index (χ1v) is 8.82. The lowest BCUT2D eigenvalue weighted by molar-refractivity contribution is 0.246. The normalized spacial score (nSPS) is 15.3. The van der Waals surface area contributed by atoms with Crippen LogP contribution in [0.4, 0.5) is 5.69 Å². The van der Waals surface area contributed by atoms with Crippen LogP contribution < -0.4 is 15.2 Å². The molecule has 134 valence electrons. The maximum atomic E-state index is 12.2. The molecule has 0 radical (unpaired) electrons. The molecule has 1 fully saturated rings. The highest BCUT2D eigenvalue weighted by Crippen LogP contribution is 2.28. The van der Waals surface area contributed by atoms with Gasteiger partial charge in [-0.25, -0.2) is 4.98 Å². The SMILES string of the molecule is COc1ccccc1N1CCN(Cc2cc(=O)n3ccccc3n2)CC1. The van der Waals surface area contributed by atoms with E-state index in [0.717, 1.165) is 43.3 Å². The van der Waals surface area contributed by atoms with Crippen molar-refractivity contribution in [1.82, 2.24) is 14.3 Å². The van der Waals surface area contributed by atoms with Crippen molar-refractivity contribution in [1.29, 1.82) is 0 Å². The number of methoxy groups -OCH3 is 1. The van der Waals surface area contributed by atoms with Gasteiger partial charge in [-0.15, -0.1) is 0 Å². The lowest BCUT2D eigenvalue weighted by atomic mass is 10.2. The minimum Gasteiger partial charge on any atom is -0.495 e. The Hall–Kier alpha value is -2.86. The predicted octanol–water partition coefficient (Wildman–Crippen LogP) is 2.03. The second-order valence-electron chi connectivity index (χ2n) is 6.45. The van der Waals surface area contributed by atoms with Crippen LogP contribution >= 0.6 is 0 Å². The summed E-state index contributed by atoms with van der Waals surface area (Å²) in [6.45, 7) is 4.39. The van der Waals surface area contributed by atoms with Crippen molar-refractivity contribution in [3.63, 3.8) is 0 Å². The van der Waals surface area contributed by atoms with E-state index in [-0.39, 0.29) is 5.56 Å². The molecule has 0 amide bonds. The fourth-order valence-electron chi connectivity index (χ4n) is 3.45. The molecule has 3 heterocycles. The topological polar surface area (TPSA) is 50.1 Å². The Morgan fingerprint density at radius 3 is 2.62 bits per heavy atom. The largest absolute Gasteiger partial charge is 0.495 e. The summed E-state index contributed by atoms with van der Waals surface area (Å²) in [5, 5.41) is 0. The summed E-state index contributed by atoms with van der Waals surface area (Å²) >= 11 is 0. The van der Waals surface area contributed by atoms with Gasteiger partial charge in [-0.1, -0.05) is 18.2 Å². The standard InChI is InChI=1S/C20H22N4O2/c1-26-18-7-3-2-6-17(18)23-12-10-22(11-13-23)15-16-14-20(25)24-9-5-4-8-19(24)21-16/h2-9,14H,10-13,15H2,1H3. The third kappa shape index (κ3) is 3.28. The third-order valence-electron chi connectivity index (χ3n) is 4.81. The van der Waals surface area contributed by atoms with Gasteiger partial charge in [-0.2, -0.15) is 0 Å². The number of fused-ring (bicyclic) bond motifs is 1. The van der Waals surface area contributed by atoms with E-state index in [1.165, 1.54) is 0 Å². The second-order valence-corrected chi connectivity index (χ2v) is 6.45. The Morgan fingerprint density at radius 2 is 1.81 bits per heavy atom. The maximum absolute atomic E-state index is 12.2. The molecule has 0 aliphatic carbocycles. The van der Waals surface area contributed by atoms with Crippen molar-refractivity contribution in [3.8, 4) is 5.75 Å². The summed E-state index contributed by atoms with van der Waals surface area (Å²) < 4.78 is 7.05. The van der Waals surface area contributed by atoms with Crippen LogP contribution in [-0.4, -0.2) is 47.6 Å². The number of ether oxygens (including phenoxy) is 1. The number of pyridine rings is 1. The highest BCUT2D eigenvalue weighted by Gasteiger charge is 2.20. The van der Waals surface area contributed by atoms with Crippen LogP contribution in [0.2, 0.25) is 0 Å². The average molecular weight is 350 g/mol. The monoisotopic (exact) mass is 350 g/mol. The van der Waals surface area contributed by atoms with Gasteiger partial charge in [0.25, 0.3) is 5.56 Å². The molecule has 3 aromatic rings. The summed E-state index contributed by atoms with van der Waals surface area (Å²) in [5.74, 6) is 0.908. The fourth-order valence-corrected chi connectivity index (χ4v) is 3.45. The fraction of sp³-hybridized carbons (Fsp3) is 0.300. The minimum absolute atomic E-state index is 0.0294. The van der Waals surface area contributed by atoms with Gasteiger partial charge in [0.05, 0.1) is 18.5 Å². The van der Waals surface area contributed by atoms with Crippen molar-refractivity contribution in [2.75, 3.05) is 38.2 Å². The highest BCUT2D eigenvalue weighted by molar-refractivity contribution is 5.58. The van der Waals surface area contributed by atoms with Gasteiger partial charge in [0.2, 0.25) is 0 Å². The Kier molecular flexibility index (Phi) is 4.58. The molecule has 0 unspecified atom stereocenters. The van der Waals surface area contributed by atoms with E-state index >= 15 is 0 Å². The number of hydrogen-bond donors (Lipinski definition) is 0. The number of para-hydroxylation sites is 2. The molecule has 1 aliphatic rings. The number of nitrogens with zero attached hydrogens (tertiary/aromatic N) is 4. The number of piperazine rings is 1. The van der Waals surface area contributed by atoms with E-state index in [1.54, 1.807) is 23.8 Å². The summed E-state index contributed by atoms with van der Waals surface area (Å²) in [4.78, 5) is 21.5. The molecule has 6 heteroatoms. The molecule has 0 N–H and O–H groups in total. The molecule has 2 aromatic heterocycles. The van der Waals surface area contributed by atoms with Gasteiger partial charge in [-0.3, -0.25) is 14.1 Å². The van der Waals surface area contributed by atoms with Crippen LogP contribution in [0.1, 0.15) is 5.69 Å². The van der Waals surface area contributed by atoms with E-state index in [2.05, 4.69) is 20.9 Å². The summed E-state index contributed by atoms with van der Waals surface area (Å²) in [7, 11) is 1.71. The van der Waals surface area contributed by atoms with Gasteiger partial charge < -0.3 is 9.64 Å². The van der Waals surface area contributed by atoms with Crippen molar-refractivity contribution in [3.05, 3.63) is 70.8 Å². The van der Waals surface area contributed by atoms with Gasteiger partial charge >= 0.3 is 0 Å². The van der Waals surface area contributed by atoms with E-state index in [0.29, 0.717) is 12.2 Å². The van der Waals surface area contributed by atoms with Crippen molar-refractivity contribution in [2.24, 2.45) is 0 Å². The number of rotatable bonds is 4. The summed E-state index contributed by atoms with van der Waals surface area (Å²) in [5.41, 5.74) is 2.63.